The third-order valence-corrected chi connectivity index (χ3v) is 1.97. The van der Waals surface area contributed by atoms with E-state index in [1.54, 1.807) is 20.8 Å². The number of aliphatic hydroxyl groups is 1. The molecule has 7 heteroatoms. The number of carbonyl (C=O) groups excluding carboxylic acids is 1. The van der Waals surface area contributed by atoms with Gasteiger partial charge in [0, 0.05) is 0 Å². The Morgan fingerprint density at radius 1 is 1.40 bits per heavy atom. The molecule has 15 heavy (non-hydrogen) atoms. The van der Waals surface area contributed by atoms with Crippen molar-refractivity contribution in [3.05, 3.63) is 0 Å². The molecule has 0 heterocycles. The lowest BCUT2D eigenvalue weighted by Gasteiger charge is -2.23. The van der Waals surface area contributed by atoms with Gasteiger partial charge in [-0.25, -0.2) is 0 Å². The van der Waals surface area contributed by atoms with E-state index in [-0.39, 0.29) is 0 Å². The van der Waals surface area contributed by atoms with Gasteiger partial charge in [0.25, 0.3) is 0 Å². The van der Waals surface area contributed by atoms with Crippen molar-refractivity contribution in [3.63, 3.8) is 0 Å². The number of esters is 1. The average Bonchev–Trinajstić information content (AvgIpc) is 2.00. The second kappa shape index (κ2) is 5.61. The van der Waals surface area contributed by atoms with Gasteiger partial charge in [0.15, 0.2) is 0 Å². The average molecular weight is 240 g/mol. The zero-order valence-corrected chi connectivity index (χ0v) is 10.2. The summed E-state index contributed by atoms with van der Waals surface area (Å²) in [6, 6.07) is 0. The molecule has 0 saturated carbocycles. The summed E-state index contributed by atoms with van der Waals surface area (Å²) >= 11 is 0. The fraction of sp³-hybridized carbons (Fsp3) is 0.875. The first kappa shape index (κ1) is 14.6. The van der Waals surface area contributed by atoms with Crippen LogP contribution in [0.5, 0.6) is 0 Å². The highest BCUT2D eigenvalue weighted by Gasteiger charge is 2.28. The minimum atomic E-state index is -3.24. The summed E-state index contributed by atoms with van der Waals surface area (Å²) in [6.07, 6.45) is -2.58. The van der Waals surface area contributed by atoms with Crippen LogP contribution in [0.25, 0.3) is 0 Å². The van der Waals surface area contributed by atoms with E-state index >= 15 is 0 Å². The summed E-state index contributed by atoms with van der Waals surface area (Å²) in [4.78, 5) is 19.7. The minimum absolute atomic E-state index is 0.518. The van der Waals surface area contributed by atoms with Crippen LogP contribution in [-0.4, -0.2) is 28.4 Å². The van der Waals surface area contributed by atoms with E-state index in [4.69, 9.17) is 14.7 Å². The summed E-state index contributed by atoms with van der Waals surface area (Å²) in [5.74, 6) is -0.518. The Bertz CT molecular complexity index is 246. The van der Waals surface area contributed by atoms with Crippen LogP contribution in [0, 0.1) is 5.41 Å². The monoisotopic (exact) mass is 240 g/mol. The number of hydrogen-bond acceptors (Lipinski definition) is 5. The van der Waals surface area contributed by atoms with Gasteiger partial charge in [-0.15, -0.1) is 0 Å². The van der Waals surface area contributed by atoms with Gasteiger partial charge in [0.1, 0.15) is 6.10 Å². The van der Waals surface area contributed by atoms with E-state index < -0.39 is 32.0 Å². The zero-order valence-electron chi connectivity index (χ0n) is 9.18. The molecule has 2 N–H and O–H groups in total. The van der Waals surface area contributed by atoms with E-state index in [1.165, 1.54) is 6.92 Å². The van der Waals surface area contributed by atoms with Crippen LogP contribution in [0.1, 0.15) is 27.7 Å². The molecule has 0 aliphatic carbocycles. The third-order valence-electron chi connectivity index (χ3n) is 1.53. The Morgan fingerprint density at radius 3 is 2.20 bits per heavy atom. The molecule has 0 aromatic heterocycles. The first-order chi connectivity index (χ1) is 6.64. The van der Waals surface area contributed by atoms with Gasteiger partial charge in [-0.2, -0.15) is 0 Å². The zero-order chi connectivity index (χ0) is 12.2. The standard InChI is InChI=1S/C8H17O6P/c1-5(6(9)14-15(11)12)13-7(10)8(2,3)4/h5-6,9,15H,1-4H3,(H,11,12)/t5-,6-/m0/s1. The Kier molecular flexibility index (Phi) is 5.45. The maximum Gasteiger partial charge on any atom is 0.319 e. The smallest absolute Gasteiger partial charge is 0.319 e. The summed E-state index contributed by atoms with van der Waals surface area (Å²) in [5, 5.41) is 9.17. The van der Waals surface area contributed by atoms with Crippen molar-refractivity contribution in [2.45, 2.75) is 40.1 Å². The first-order valence-electron chi connectivity index (χ1n) is 4.43. The van der Waals surface area contributed by atoms with Crippen molar-refractivity contribution in [2.75, 3.05) is 0 Å². The highest BCUT2D eigenvalue weighted by molar-refractivity contribution is 7.32. The van der Waals surface area contributed by atoms with Crippen LogP contribution in [0.3, 0.4) is 0 Å². The second-order valence-corrected chi connectivity index (χ2v) is 4.90. The molecule has 0 aliphatic rings. The highest BCUT2D eigenvalue weighted by atomic mass is 31.1. The molecule has 0 aromatic rings. The first-order valence-corrected chi connectivity index (χ1v) is 5.69. The maximum atomic E-state index is 11.3. The van der Waals surface area contributed by atoms with Gasteiger partial charge in [-0.1, -0.05) is 0 Å². The van der Waals surface area contributed by atoms with Crippen molar-refractivity contribution >= 4 is 14.2 Å². The molecule has 0 saturated heterocycles. The van der Waals surface area contributed by atoms with Crippen molar-refractivity contribution in [3.8, 4) is 0 Å². The van der Waals surface area contributed by atoms with Crippen molar-refractivity contribution in [1.82, 2.24) is 0 Å². The van der Waals surface area contributed by atoms with Crippen LogP contribution >= 0.6 is 8.25 Å². The van der Waals surface area contributed by atoms with Crippen LogP contribution < -0.4 is 0 Å². The molecule has 0 rings (SSSR count). The maximum absolute atomic E-state index is 11.3. The normalized spacial score (nSPS) is 18.0. The third kappa shape index (κ3) is 5.89. The second-order valence-electron chi connectivity index (χ2n) is 4.13. The number of rotatable bonds is 4. The van der Waals surface area contributed by atoms with Crippen molar-refractivity contribution in [1.29, 1.82) is 0 Å². The molecular formula is C8H17O6P. The fourth-order valence-corrected chi connectivity index (χ4v) is 1.00. The Balaban J connectivity index is 4.19. The van der Waals surface area contributed by atoms with E-state index in [9.17, 15) is 9.36 Å². The van der Waals surface area contributed by atoms with Gasteiger partial charge >= 0.3 is 14.2 Å². The number of ether oxygens (including phenoxy) is 1. The number of aliphatic hydroxyl groups excluding tert-OH is 1. The minimum Gasteiger partial charge on any atom is -0.457 e. The van der Waals surface area contributed by atoms with Crippen LogP contribution in [-0.2, 0) is 18.6 Å². The van der Waals surface area contributed by atoms with Crippen LogP contribution in [0.4, 0.5) is 0 Å². The molecule has 3 atom stereocenters. The Morgan fingerprint density at radius 2 is 1.87 bits per heavy atom. The molecule has 0 bridgehead atoms. The summed E-state index contributed by atoms with van der Waals surface area (Å²) in [7, 11) is -3.24. The van der Waals surface area contributed by atoms with E-state index in [2.05, 4.69) is 4.52 Å². The van der Waals surface area contributed by atoms with Gasteiger partial charge < -0.3 is 14.7 Å². The number of hydrogen-bond donors (Lipinski definition) is 2. The molecular weight excluding hydrogens is 223 g/mol. The lowest BCUT2D eigenvalue weighted by Crippen LogP contribution is -2.34. The molecule has 1 unspecified atom stereocenters. The van der Waals surface area contributed by atoms with Gasteiger partial charge in [-0.3, -0.25) is 13.9 Å². The lowest BCUT2D eigenvalue weighted by molar-refractivity contribution is -0.175. The highest BCUT2D eigenvalue weighted by Crippen LogP contribution is 2.22. The Hall–Kier alpha value is -0.420. The fourth-order valence-electron chi connectivity index (χ4n) is 0.603. The molecule has 90 valence electrons. The molecule has 0 spiro atoms. The molecule has 0 aliphatic heterocycles. The van der Waals surface area contributed by atoms with Gasteiger partial charge in [0.05, 0.1) is 5.41 Å². The van der Waals surface area contributed by atoms with Gasteiger partial charge in [0.2, 0.25) is 6.29 Å². The topological polar surface area (TPSA) is 93.1 Å². The van der Waals surface area contributed by atoms with Gasteiger partial charge in [-0.05, 0) is 27.7 Å². The summed E-state index contributed by atoms with van der Waals surface area (Å²) < 4.78 is 19.3. The van der Waals surface area contributed by atoms with E-state index in [1.807, 2.05) is 0 Å². The van der Waals surface area contributed by atoms with Crippen LogP contribution in [0.15, 0.2) is 0 Å². The summed E-state index contributed by atoms with van der Waals surface area (Å²) in [6.45, 7) is 6.34. The predicted octanol–water partition coefficient (Wildman–Crippen LogP) is 0.681. The lowest BCUT2D eigenvalue weighted by atomic mass is 9.97. The quantitative estimate of drug-likeness (QED) is 0.426. The summed E-state index contributed by atoms with van der Waals surface area (Å²) in [5.41, 5.74) is -0.696. The predicted molar refractivity (Wildman–Crippen MR) is 53.3 cm³/mol. The van der Waals surface area contributed by atoms with Crippen molar-refractivity contribution in [2.24, 2.45) is 5.41 Å². The Labute approximate surface area is 89.1 Å². The molecule has 6 nitrogen and oxygen atoms in total. The van der Waals surface area contributed by atoms with Crippen molar-refractivity contribution < 1.29 is 28.6 Å². The number of carbonyl (C=O) groups is 1. The molecule has 0 aromatic carbocycles. The van der Waals surface area contributed by atoms with E-state index in [0.717, 1.165) is 0 Å². The molecule has 0 fully saturated rings. The van der Waals surface area contributed by atoms with Crippen LogP contribution in [0.2, 0.25) is 0 Å². The van der Waals surface area contributed by atoms with E-state index in [0.29, 0.717) is 0 Å². The largest absolute Gasteiger partial charge is 0.457 e. The molecule has 0 radical (unpaired) electrons. The SMILES string of the molecule is C[C@H](OC(=O)C(C)(C)C)[C@@H](O)O[PH](=O)O. The molecule has 0 amide bonds.